The van der Waals surface area contributed by atoms with E-state index in [1.165, 1.54) is 22.1 Å². The average molecular weight is 398 g/mol. The lowest BCUT2D eigenvalue weighted by Gasteiger charge is -2.07. The van der Waals surface area contributed by atoms with Crippen LogP contribution in [0, 0.1) is 24.6 Å². The number of benzene rings is 1. The lowest BCUT2D eigenvalue weighted by atomic mass is 10.1. The van der Waals surface area contributed by atoms with Crippen molar-refractivity contribution in [2.45, 2.75) is 33.3 Å². The molecule has 2 aromatic heterocycles. The van der Waals surface area contributed by atoms with Crippen LogP contribution in [-0.2, 0) is 18.5 Å². The number of hydrogen-bond acceptors (Lipinski definition) is 7. The van der Waals surface area contributed by atoms with Crippen LogP contribution in [0.5, 0.6) is 0 Å². The smallest absolute Gasteiger partial charge is 0.204 e. The van der Waals surface area contributed by atoms with Crippen LogP contribution in [-0.4, -0.2) is 30.9 Å². The molecule has 0 saturated carbocycles. The Bertz CT molecular complexity index is 1050. The minimum atomic E-state index is -0.292. The third-order valence-electron chi connectivity index (χ3n) is 3.75. The molecule has 2 heterocycles. The van der Waals surface area contributed by atoms with E-state index in [0.29, 0.717) is 22.7 Å². The van der Waals surface area contributed by atoms with Crippen LogP contribution >= 0.6 is 11.3 Å². The fourth-order valence-electron chi connectivity index (χ4n) is 2.30. The Balaban J connectivity index is 1.80. The lowest BCUT2D eigenvalue weighted by Crippen LogP contribution is -2.12. The zero-order chi connectivity index (χ0) is 19.9. The van der Waals surface area contributed by atoms with Gasteiger partial charge in [0, 0.05) is 24.4 Å². The maximum absolute atomic E-state index is 13.6. The molecular weight excluding hydrogens is 379 g/mol. The molecule has 28 heavy (non-hydrogen) atoms. The number of thiazole rings is 1. The fourth-order valence-corrected chi connectivity index (χ4v) is 2.97. The Hall–Kier alpha value is -3.12. The molecule has 0 N–H and O–H groups in total. The molecule has 0 radical (unpaired) electrons. The van der Waals surface area contributed by atoms with Gasteiger partial charge in [-0.3, -0.25) is 0 Å². The molecule has 0 aliphatic rings. The minimum absolute atomic E-state index is 0.181. The molecule has 0 spiro atoms. The summed E-state index contributed by atoms with van der Waals surface area (Å²) in [6.45, 7) is 3.95. The minimum Gasteiger partial charge on any atom is -0.389 e. The SMILES string of the molecule is CCCC#Cc1nc(CO/N=C(/c2ccc(F)c(C)c2)c2nnnn2C)cs1. The van der Waals surface area contributed by atoms with Gasteiger partial charge in [-0.15, -0.1) is 16.4 Å². The molecule has 0 saturated heterocycles. The first-order valence-electron chi connectivity index (χ1n) is 8.71. The first-order chi connectivity index (χ1) is 13.6. The number of rotatable bonds is 6. The number of halogens is 1. The van der Waals surface area contributed by atoms with E-state index in [1.54, 1.807) is 26.1 Å². The molecule has 0 aliphatic heterocycles. The maximum atomic E-state index is 13.6. The van der Waals surface area contributed by atoms with Gasteiger partial charge in [-0.2, -0.15) is 0 Å². The van der Waals surface area contributed by atoms with E-state index in [0.717, 1.165) is 23.5 Å². The Morgan fingerprint density at radius 1 is 1.39 bits per heavy atom. The van der Waals surface area contributed by atoms with Crippen molar-refractivity contribution >= 4 is 17.0 Å². The number of tetrazole rings is 1. The van der Waals surface area contributed by atoms with Crippen molar-refractivity contribution in [1.29, 1.82) is 0 Å². The van der Waals surface area contributed by atoms with Crippen LogP contribution < -0.4 is 0 Å². The van der Waals surface area contributed by atoms with Gasteiger partial charge < -0.3 is 4.84 Å². The van der Waals surface area contributed by atoms with Gasteiger partial charge in [-0.05, 0) is 53.5 Å². The summed E-state index contributed by atoms with van der Waals surface area (Å²) in [6.07, 6.45) is 1.87. The molecule has 0 fully saturated rings. The van der Waals surface area contributed by atoms with Gasteiger partial charge >= 0.3 is 0 Å². The van der Waals surface area contributed by atoms with Crippen LogP contribution in [0.15, 0.2) is 28.7 Å². The van der Waals surface area contributed by atoms with Gasteiger partial charge in [0.15, 0.2) is 17.3 Å². The van der Waals surface area contributed by atoms with Crippen molar-refractivity contribution in [1.82, 2.24) is 25.2 Å². The largest absolute Gasteiger partial charge is 0.389 e. The summed E-state index contributed by atoms with van der Waals surface area (Å²) in [4.78, 5) is 9.92. The van der Waals surface area contributed by atoms with E-state index in [-0.39, 0.29) is 12.4 Å². The Labute approximate surface area is 166 Å². The van der Waals surface area contributed by atoms with E-state index < -0.39 is 0 Å². The highest BCUT2D eigenvalue weighted by Crippen LogP contribution is 2.15. The summed E-state index contributed by atoms with van der Waals surface area (Å²) in [5.41, 5.74) is 2.30. The second-order valence-corrected chi connectivity index (χ2v) is 6.86. The van der Waals surface area contributed by atoms with Gasteiger partial charge in [0.05, 0.1) is 5.69 Å². The predicted octanol–water partition coefficient (Wildman–Crippen LogP) is 3.23. The monoisotopic (exact) mass is 398 g/mol. The summed E-state index contributed by atoms with van der Waals surface area (Å²) >= 11 is 1.47. The van der Waals surface area contributed by atoms with Gasteiger partial charge in [0.2, 0.25) is 5.82 Å². The fraction of sp³-hybridized carbons (Fsp3) is 0.316. The van der Waals surface area contributed by atoms with Crippen molar-refractivity contribution in [2.24, 2.45) is 12.2 Å². The Morgan fingerprint density at radius 3 is 2.96 bits per heavy atom. The quantitative estimate of drug-likeness (QED) is 0.362. The summed E-state index contributed by atoms with van der Waals surface area (Å²) in [5.74, 6) is 6.22. The molecule has 144 valence electrons. The van der Waals surface area contributed by atoms with E-state index in [2.05, 4.69) is 44.4 Å². The average Bonchev–Trinajstić information content (AvgIpc) is 3.31. The second-order valence-electron chi connectivity index (χ2n) is 6.00. The van der Waals surface area contributed by atoms with Crippen LogP contribution in [0.4, 0.5) is 4.39 Å². The van der Waals surface area contributed by atoms with Crippen molar-refractivity contribution < 1.29 is 9.23 Å². The van der Waals surface area contributed by atoms with E-state index in [1.807, 2.05) is 5.38 Å². The number of aromatic nitrogens is 5. The molecule has 7 nitrogen and oxygen atoms in total. The third kappa shape index (κ3) is 4.78. The topological polar surface area (TPSA) is 78.1 Å². The molecule has 0 bridgehead atoms. The second kappa shape index (κ2) is 9.19. The molecule has 1 aromatic carbocycles. The summed E-state index contributed by atoms with van der Waals surface area (Å²) in [7, 11) is 1.70. The zero-order valence-corrected chi connectivity index (χ0v) is 16.6. The molecule has 0 amide bonds. The summed E-state index contributed by atoms with van der Waals surface area (Å²) < 4.78 is 15.1. The standard InChI is InChI=1S/C19H19FN6OS/c1-4-5-6-7-17-21-15(12-28-17)11-27-23-18(19-22-24-25-26(19)3)14-8-9-16(20)13(2)10-14/h8-10,12H,4-5,11H2,1-3H3/b23-18-. The van der Waals surface area contributed by atoms with Crippen LogP contribution in [0.1, 0.15) is 47.4 Å². The number of hydrogen-bond donors (Lipinski definition) is 0. The molecule has 0 aliphatic carbocycles. The maximum Gasteiger partial charge on any atom is 0.204 e. The number of nitrogens with zero attached hydrogens (tertiary/aromatic N) is 6. The van der Waals surface area contributed by atoms with Gasteiger partial charge in [-0.25, -0.2) is 14.1 Å². The van der Waals surface area contributed by atoms with E-state index in [4.69, 9.17) is 4.84 Å². The van der Waals surface area contributed by atoms with Crippen LogP contribution in [0.2, 0.25) is 0 Å². The van der Waals surface area contributed by atoms with Gasteiger partial charge in [0.25, 0.3) is 0 Å². The number of unbranched alkanes of at least 4 members (excludes halogenated alkanes) is 1. The van der Waals surface area contributed by atoms with E-state index in [9.17, 15) is 4.39 Å². The van der Waals surface area contributed by atoms with Crippen molar-refractivity contribution in [2.75, 3.05) is 0 Å². The van der Waals surface area contributed by atoms with Crippen molar-refractivity contribution in [3.8, 4) is 11.8 Å². The first-order valence-corrected chi connectivity index (χ1v) is 9.59. The first kappa shape index (κ1) is 19.6. The van der Waals surface area contributed by atoms with Crippen molar-refractivity contribution in [3.63, 3.8) is 0 Å². The molecule has 3 rings (SSSR count). The summed E-state index contributed by atoms with van der Waals surface area (Å²) in [6, 6.07) is 4.67. The highest BCUT2D eigenvalue weighted by molar-refractivity contribution is 7.10. The zero-order valence-electron chi connectivity index (χ0n) is 15.8. The van der Waals surface area contributed by atoms with Gasteiger partial charge in [0.1, 0.15) is 5.82 Å². The number of aryl methyl sites for hydroxylation is 2. The molecular formula is C19H19FN6OS. The van der Waals surface area contributed by atoms with Gasteiger partial charge in [-0.1, -0.05) is 18.0 Å². The molecule has 0 atom stereocenters. The van der Waals surface area contributed by atoms with Crippen molar-refractivity contribution in [3.05, 3.63) is 57.0 Å². The highest BCUT2D eigenvalue weighted by atomic mass is 32.1. The summed E-state index contributed by atoms with van der Waals surface area (Å²) in [5, 5.41) is 18.3. The normalized spacial score (nSPS) is 11.2. The highest BCUT2D eigenvalue weighted by Gasteiger charge is 2.16. The van der Waals surface area contributed by atoms with E-state index >= 15 is 0 Å². The molecule has 0 unspecified atom stereocenters. The van der Waals surface area contributed by atoms with Crippen LogP contribution in [0.3, 0.4) is 0 Å². The Morgan fingerprint density at radius 2 is 2.25 bits per heavy atom. The molecule has 9 heteroatoms. The third-order valence-corrected chi connectivity index (χ3v) is 4.56. The number of oxime groups is 1. The molecule has 3 aromatic rings. The lowest BCUT2D eigenvalue weighted by molar-refractivity contribution is 0.128. The predicted molar refractivity (Wildman–Crippen MR) is 104 cm³/mol. The van der Waals surface area contributed by atoms with Crippen LogP contribution in [0.25, 0.3) is 0 Å². The Kier molecular flexibility index (Phi) is 6.45.